The molecule has 0 atom stereocenters. The van der Waals surface area contributed by atoms with E-state index in [-0.39, 0.29) is 5.57 Å². The van der Waals surface area contributed by atoms with Gasteiger partial charge in [0.2, 0.25) is 0 Å². The summed E-state index contributed by atoms with van der Waals surface area (Å²) < 4.78 is 0. The summed E-state index contributed by atoms with van der Waals surface area (Å²) in [4.78, 5) is 40.9. The number of para-hydroxylation sites is 1. The topological polar surface area (TPSA) is 69.7 Å². The third kappa shape index (κ3) is 3.29. The lowest BCUT2D eigenvalue weighted by Gasteiger charge is -2.27. The second-order valence-electron chi connectivity index (χ2n) is 7.03. The van der Waals surface area contributed by atoms with Crippen molar-refractivity contribution in [2.24, 2.45) is 0 Å². The van der Waals surface area contributed by atoms with Crippen LogP contribution in [0.25, 0.3) is 6.08 Å². The van der Waals surface area contributed by atoms with Crippen LogP contribution in [0, 0.1) is 6.92 Å². The summed E-state index contributed by atoms with van der Waals surface area (Å²) in [6.07, 6.45) is 3.93. The van der Waals surface area contributed by atoms with Crippen LogP contribution in [0.5, 0.6) is 0 Å². The minimum Gasteiger partial charge on any atom is -0.372 e. The van der Waals surface area contributed by atoms with Crippen molar-refractivity contribution in [2.75, 3.05) is 22.9 Å². The lowest BCUT2D eigenvalue weighted by Crippen LogP contribution is -2.54. The van der Waals surface area contributed by atoms with E-state index in [1.165, 1.54) is 18.9 Å². The van der Waals surface area contributed by atoms with Gasteiger partial charge in [0.15, 0.2) is 0 Å². The van der Waals surface area contributed by atoms with E-state index in [1.54, 1.807) is 12.1 Å². The Labute approximate surface area is 163 Å². The molecule has 0 aliphatic carbocycles. The maximum Gasteiger partial charge on any atom is 0.335 e. The monoisotopic (exact) mass is 375 g/mol. The van der Waals surface area contributed by atoms with Gasteiger partial charge in [0.05, 0.1) is 5.69 Å². The van der Waals surface area contributed by atoms with Gasteiger partial charge in [0, 0.05) is 18.8 Å². The Morgan fingerprint density at radius 2 is 1.61 bits per heavy atom. The van der Waals surface area contributed by atoms with Crippen molar-refractivity contribution in [3.63, 3.8) is 0 Å². The third-order valence-corrected chi connectivity index (χ3v) is 5.13. The van der Waals surface area contributed by atoms with Gasteiger partial charge in [0.1, 0.15) is 5.57 Å². The molecule has 2 aliphatic heterocycles. The SMILES string of the molecule is Cc1ccccc1N1C(=O)NC(=O)C(=Cc2ccc(N3CCCC3)cc2)C1=O. The lowest BCUT2D eigenvalue weighted by atomic mass is 10.1. The van der Waals surface area contributed by atoms with E-state index in [0.717, 1.165) is 34.8 Å². The summed E-state index contributed by atoms with van der Waals surface area (Å²) in [6, 6.07) is 14.1. The molecule has 2 aromatic rings. The van der Waals surface area contributed by atoms with Crippen LogP contribution in [0.3, 0.4) is 0 Å². The number of carbonyl (C=O) groups is 3. The first-order valence-electron chi connectivity index (χ1n) is 9.37. The Kier molecular flexibility index (Phi) is 4.69. The molecular formula is C22H21N3O3. The molecule has 28 heavy (non-hydrogen) atoms. The molecule has 2 fully saturated rings. The highest BCUT2D eigenvalue weighted by molar-refractivity contribution is 6.39. The van der Waals surface area contributed by atoms with E-state index < -0.39 is 17.8 Å². The molecule has 0 radical (unpaired) electrons. The van der Waals surface area contributed by atoms with Crippen LogP contribution in [0.1, 0.15) is 24.0 Å². The summed E-state index contributed by atoms with van der Waals surface area (Å²) >= 11 is 0. The number of urea groups is 1. The summed E-state index contributed by atoms with van der Waals surface area (Å²) in [7, 11) is 0. The Balaban J connectivity index is 1.64. The van der Waals surface area contributed by atoms with Crippen LogP contribution in [-0.2, 0) is 9.59 Å². The maximum atomic E-state index is 12.9. The predicted molar refractivity (Wildman–Crippen MR) is 108 cm³/mol. The molecule has 2 aliphatic rings. The van der Waals surface area contributed by atoms with Crippen LogP contribution in [0.2, 0.25) is 0 Å². The molecule has 2 aromatic carbocycles. The Hall–Kier alpha value is -3.41. The third-order valence-electron chi connectivity index (χ3n) is 5.13. The number of carbonyl (C=O) groups excluding carboxylic acids is 3. The first-order valence-corrected chi connectivity index (χ1v) is 9.37. The first kappa shape index (κ1) is 18.0. The highest BCUT2D eigenvalue weighted by Gasteiger charge is 2.37. The summed E-state index contributed by atoms with van der Waals surface area (Å²) in [6.45, 7) is 3.91. The molecule has 0 saturated carbocycles. The van der Waals surface area contributed by atoms with Crippen LogP contribution >= 0.6 is 0 Å². The number of nitrogens with one attached hydrogen (secondary N) is 1. The fourth-order valence-corrected chi connectivity index (χ4v) is 3.61. The Morgan fingerprint density at radius 3 is 2.29 bits per heavy atom. The van der Waals surface area contributed by atoms with Gasteiger partial charge in [-0.25, -0.2) is 9.69 Å². The average molecular weight is 375 g/mol. The maximum absolute atomic E-state index is 12.9. The van der Waals surface area contributed by atoms with E-state index in [4.69, 9.17) is 0 Å². The van der Waals surface area contributed by atoms with Crippen molar-refractivity contribution in [3.8, 4) is 0 Å². The standard InChI is InChI=1S/C22H21N3O3/c1-15-6-2-3-7-19(15)25-21(27)18(20(26)23-22(25)28)14-16-8-10-17(11-9-16)24-12-4-5-13-24/h2-3,6-11,14H,4-5,12-13H2,1H3,(H,23,26,28). The van der Waals surface area contributed by atoms with Gasteiger partial charge in [-0.2, -0.15) is 0 Å². The summed E-state index contributed by atoms with van der Waals surface area (Å²) in [5.41, 5.74) is 3.05. The molecule has 4 rings (SSSR count). The molecule has 142 valence electrons. The lowest BCUT2D eigenvalue weighted by molar-refractivity contribution is -0.122. The number of anilines is 2. The number of hydrogen-bond donors (Lipinski definition) is 1. The largest absolute Gasteiger partial charge is 0.372 e. The number of imide groups is 2. The molecular weight excluding hydrogens is 354 g/mol. The number of benzene rings is 2. The van der Waals surface area contributed by atoms with E-state index in [1.807, 2.05) is 43.3 Å². The summed E-state index contributed by atoms with van der Waals surface area (Å²) in [5.74, 6) is -1.30. The number of aryl methyl sites for hydroxylation is 1. The number of barbiturate groups is 1. The van der Waals surface area contributed by atoms with Crippen LogP contribution in [0.15, 0.2) is 54.1 Å². The highest BCUT2D eigenvalue weighted by atomic mass is 16.2. The van der Waals surface area contributed by atoms with Gasteiger partial charge >= 0.3 is 6.03 Å². The Bertz CT molecular complexity index is 973. The summed E-state index contributed by atoms with van der Waals surface area (Å²) in [5, 5.41) is 2.26. The molecule has 6 heteroatoms. The van der Waals surface area contributed by atoms with Crippen LogP contribution < -0.4 is 15.1 Å². The van der Waals surface area contributed by atoms with Gasteiger partial charge in [-0.15, -0.1) is 0 Å². The van der Waals surface area contributed by atoms with E-state index in [9.17, 15) is 14.4 Å². The smallest absolute Gasteiger partial charge is 0.335 e. The zero-order chi connectivity index (χ0) is 19.7. The zero-order valence-corrected chi connectivity index (χ0v) is 15.6. The predicted octanol–water partition coefficient (Wildman–Crippen LogP) is 3.26. The quantitative estimate of drug-likeness (QED) is 0.660. The molecule has 0 aromatic heterocycles. The van der Waals surface area contributed by atoms with E-state index in [2.05, 4.69) is 10.2 Å². The minimum absolute atomic E-state index is 0.0585. The second kappa shape index (κ2) is 7.31. The zero-order valence-electron chi connectivity index (χ0n) is 15.6. The molecule has 2 saturated heterocycles. The van der Waals surface area contributed by atoms with Crippen molar-refractivity contribution in [1.29, 1.82) is 0 Å². The molecule has 1 N–H and O–H groups in total. The van der Waals surface area contributed by atoms with Gasteiger partial charge in [0.25, 0.3) is 11.8 Å². The van der Waals surface area contributed by atoms with Gasteiger partial charge in [-0.05, 0) is 55.2 Å². The first-order chi connectivity index (χ1) is 13.5. The number of amides is 4. The second-order valence-corrected chi connectivity index (χ2v) is 7.03. The van der Waals surface area contributed by atoms with Crippen molar-refractivity contribution in [1.82, 2.24) is 5.32 Å². The fourth-order valence-electron chi connectivity index (χ4n) is 3.61. The Morgan fingerprint density at radius 1 is 0.929 bits per heavy atom. The van der Waals surface area contributed by atoms with Gasteiger partial charge in [-0.3, -0.25) is 14.9 Å². The normalized spacial score (nSPS) is 18.8. The molecule has 0 spiro atoms. The van der Waals surface area contributed by atoms with Crippen molar-refractivity contribution in [3.05, 3.63) is 65.2 Å². The molecule has 0 bridgehead atoms. The van der Waals surface area contributed by atoms with Crippen molar-refractivity contribution >= 4 is 35.3 Å². The molecule has 0 unspecified atom stereocenters. The van der Waals surface area contributed by atoms with Gasteiger partial charge < -0.3 is 4.90 Å². The number of rotatable bonds is 3. The van der Waals surface area contributed by atoms with Crippen molar-refractivity contribution in [2.45, 2.75) is 19.8 Å². The molecule has 6 nitrogen and oxygen atoms in total. The van der Waals surface area contributed by atoms with Crippen LogP contribution in [-0.4, -0.2) is 30.9 Å². The molecule has 2 heterocycles. The van der Waals surface area contributed by atoms with E-state index >= 15 is 0 Å². The minimum atomic E-state index is -0.731. The number of nitrogens with zero attached hydrogens (tertiary/aromatic N) is 2. The van der Waals surface area contributed by atoms with Crippen LogP contribution in [0.4, 0.5) is 16.2 Å². The van der Waals surface area contributed by atoms with Gasteiger partial charge in [-0.1, -0.05) is 30.3 Å². The average Bonchev–Trinajstić information content (AvgIpc) is 3.22. The fraction of sp³-hybridized carbons (Fsp3) is 0.227. The molecule has 4 amide bonds. The van der Waals surface area contributed by atoms with Crippen molar-refractivity contribution < 1.29 is 14.4 Å². The van der Waals surface area contributed by atoms with E-state index in [0.29, 0.717) is 5.69 Å². The highest BCUT2D eigenvalue weighted by Crippen LogP contribution is 2.26. The number of hydrogen-bond acceptors (Lipinski definition) is 4.